The Labute approximate surface area is 144 Å². The average Bonchev–Trinajstić information content (AvgIpc) is 2.62. The molecule has 1 aliphatic rings. The monoisotopic (exact) mass is 330 g/mol. The number of hydrogen-bond acceptors (Lipinski definition) is 4. The van der Waals surface area contributed by atoms with Crippen LogP contribution in [0.15, 0.2) is 18.2 Å². The van der Waals surface area contributed by atoms with Gasteiger partial charge in [-0.15, -0.1) is 0 Å². The standard InChI is InChI=1S/C18H26N4O2/c1-3-16-13-15(14-19)5-6-17(16)20-18(23)22-10-8-21(9-11-22)7-4-12-24-2/h5-6,13H,3-4,7-12H2,1-2H3,(H,20,23). The first kappa shape index (κ1) is 18.2. The van der Waals surface area contributed by atoms with E-state index in [2.05, 4.69) is 16.3 Å². The number of carbonyl (C=O) groups is 1. The number of nitrogens with zero attached hydrogens (tertiary/aromatic N) is 3. The first-order valence-corrected chi connectivity index (χ1v) is 8.48. The third-order valence-electron chi connectivity index (χ3n) is 4.34. The number of ether oxygens (including phenoxy) is 1. The molecule has 0 atom stereocenters. The van der Waals surface area contributed by atoms with E-state index in [-0.39, 0.29) is 6.03 Å². The fraction of sp³-hybridized carbons (Fsp3) is 0.556. The number of carbonyl (C=O) groups excluding carboxylic acids is 1. The molecule has 2 rings (SSSR count). The van der Waals surface area contributed by atoms with Gasteiger partial charge < -0.3 is 15.0 Å². The summed E-state index contributed by atoms with van der Waals surface area (Å²) < 4.78 is 5.08. The molecule has 1 saturated heterocycles. The van der Waals surface area contributed by atoms with Crippen molar-refractivity contribution in [3.05, 3.63) is 29.3 Å². The lowest BCUT2D eigenvalue weighted by atomic mass is 10.1. The van der Waals surface area contributed by atoms with Gasteiger partial charge >= 0.3 is 6.03 Å². The van der Waals surface area contributed by atoms with Gasteiger partial charge in [0.15, 0.2) is 0 Å². The van der Waals surface area contributed by atoms with Crippen molar-refractivity contribution in [2.45, 2.75) is 19.8 Å². The second kappa shape index (κ2) is 9.26. The Morgan fingerprint density at radius 1 is 1.33 bits per heavy atom. The molecule has 0 saturated carbocycles. The van der Waals surface area contributed by atoms with Gasteiger partial charge in [0, 0.05) is 52.1 Å². The van der Waals surface area contributed by atoms with Crippen LogP contribution in [0, 0.1) is 11.3 Å². The van der Waals surface area contributed by atoms with Gasteiger partial charge in [0.2, 0.25) is 0 Å². The third kappa shape index (κ3) is 4.95. The molecule has 0 aliphatic carbocycles. The number of nitrogens with one attached hydrogen (secondary N) is 1. The van der Waals surface area contributed by atoms with Crippen molar-refractivity contribution < 1.29 is 9.53 Å². The maximum Gasteiger partial charge on any atom is 0.321 e. The SMILES string of the molecule is CCc1cc(C#N)ccc1NC(=O)N1CCN(CCCOC)CC1. The number of nitriles is 1. The van der Waals surface area contributed by atoms with Crippen LogP contribution in [-0.2, 0) is 11.2 Å². The molecular weight excluding hydrogens is 304 g/mol. The molecule has 1 fully saturated rings. The predicted molar refractivity (Wildman–Crippen MR) is 94.1 cm³/mol. The van der Waals surface area contributed by atoms with Crippen molar-refractivity contribution in [2.75, 3.05) is 51.8 Å². The number of urea groups is 1. The van der Waals surface area contributed by atoms with Gasteiger partial charge in [-0.05, 0) is 36.6 Å². The van der Waals surface area contributed by atoms with Gasteiger partial charge in [0.1, 0.15) is 0 Å². The third-order valence-corrected chi connectivity index (χ3v) is 4.34. The highest BCUT2D eigenvalue weighted by Gasteiger charge is 2.21. The van der Waals surface area contributed by atoms with Crippen LogP contribution in [0.5, 0.6) is 0 Å². The topological polar surface area (TPSA) is 68.6 Å². The molecule has 6 nitrogen and oxygen atoms in total. The van der Waals surface area contributed by atoms with Crippen LogP contribution >= 0.6 is 0 Å². The Kier molecular flexibility index (Phi) is 7.04. The normalized spacial score (nSPS) is 15.1. The molecule has 1 aromatic carbocycles. The van der Waals surface area contributed by atoms with Crippen molar-refractivity contribution >= 4 is 11.7 Å². The highest BCUT2D eigenvalue weighted by atomic mass is 16.5. The summed E-state index contributed by atoms with van der Waals surface area (Å²) in [6.45, 7) is 7.06. The summed E-state index contributed by atoms with van der Waals surface area (Å²) in [5, 5.41) is 12.0. The zero-order valence-electron chi connectivity index (χ0n) is 14.5. The Balaban J connectivity index is 1.87. The van der Waals surface area contributed by atoms with Crippen molar-refractivity contribution in [1.29, 1.82) is 5.26 Å². The van der Waals surface area contributed by atoms with Crippen LogP contribution in [0.25, 0.3) is 0 Å². The summed E-state index contributed by atoms with van der Waals surface area (Å²) in [5.74, 6) is 0. The number of anilines is 1. The van der Waals surface area contributed by atoms with E-state index in [9.17, 15) is 4.79 Å². The molecule has 1 N–H and O–H groups in total. The lowest BCUT2D eigenvalue weighted by Gasteiger charge is -2.34. The van der Waals surface area contributed by atoms with Crippen LogP contribution in [0.2, 0.25) is 0 Å². The van der Waals surface area contributed by atoms with Crippen molar-refractivity contribution in [1.82, 2.24) is 9.80 Å². The molecule has 0 spiro atoms. The fourth-order valence-corrected chi connectivity index (χ4v) is 2.88. The van der Waals surface area contributed by atoms with Crippen molar-refractivity contribution in [3.8, 4) is 6.07 Å². The number of piperazine rings is 1. The van der Waals surface area contributed by atoms with E-state index in [0.717, 1.165) is 63.4 Å². The second-order valence-electron chi connectivity index (χ2n) is 5.94. The van der Waals surface area contributed by atoms with E-state index >= 15 is 0 Å². The van der Waals surface area contributed by atoms with E-state index in [0.29, 0.717) is 5.56 Å². The Hall–Kier alpha value is -2.10. The molecular formula is C18H26N4O2. The average molecular weight is 330 g/mol. The molecule has 0 unspecified atom stereocenters. The zero-order chi connectivity index (χ0) is 17.4. The number of benzene rings is 1. The first-order chi connectivity index (χ1) is 11.7. The van der Waals surface area contributed by atoms with E-state index in [1.807, 2.05) is 24.0 Å². The van der Waals surface area contributed by atoms with E-state index in [1.54, 1.807) is 13.2 Å². The summed E-state index contributed by atoms with van der Waals surface area (Å²) in [4.78, 5) is 16.7. The second-order valence-corrected chi connectivity index (χ2v) is 5.94. The molecule has 0 radical (unpaired) electrons. The van der Waals surface area contributed by atoms with Crippen LogP contribution in [-0.4, -0.2) is 62.3 Å². The van der Waals surface area contributed by atoms with Gasteiger partial charge in [0.25, 0.3) is 0 Å². The molecule has 1 heterocycles. The highest BCUT2D eigenvalue weighted by Crippen LogP contribution is 2.19. The number of aryl methyl sites for hydroxylation is 1. The molecule has 1 aromatic rings. The quantitative estimate of drug-likeness (QED) is 0.813. The van der Waals surface area contributed by atoms with Gasteiger partial charge in [-0.2, -0.15) is 5.26 Å². The highest BCUT2D eigenvalue weighted by molar-refractivity contribution is 5.90. The maximum atomic E-state index is 12.5. The predicted octanol–water partition coefficient (Wildman–Crippen LogP) is 2.31. The van der Waals surface area contributed by atoms with Crippen molar-refractivity contribution in [2.24, 2.45) is 0 Å². The summed E-state index contributed by atoms with van der Waals surface area (Å²) in [7, 11) is 1.72. The Morgan fingerprint density at radius 2 is 2.08 bits per heavy atom. The lowest BCUT2D eigenvalue weighted by Crippen LogP contribution is -2.50. The number of methoxy groups -OCH3 is 1. The largest absolute Gasteiger partial charge is 0.385 e. The summed E-state index contributed by atoms with van der Waals surface area (Å²) in [6.07, 6.45) is 1.80. The minimum absolute atomic E-state index is 0.0639. The van der Waals surface area contributed by atoms with Crippen LogP contribution in [0.3, 0.4) is 0 Å². The van der Waals surface area contributed by atoms with E-state index in [1.165, 1.54) is 0 Å². The molecule has 0 bridgehead atoms. The minimum atomic E-state index is -0.0639. The van der Waals surface area contributed by atoms with Gasteiger partial charge in [-0.1, -0.05) is 6.92 Å². The molecule has 1 aliphatic heterocycles. The molecule has 24 heavy (non-hydrogen) atoms. The molecule has 130 valence electrons. The summed E-state index contributed by atoms with van der Waals surface area (Å²) >= 11 is 0. The zero-order valence-corrected chi connectivity index (χ0v) is 14.5. The van der Waals surface area contributed by atoms with E-state index in [4.69, 9.17) is 10.00 Å². The number of amides is 2. The Morgan fingerprint density at radius 3 is 2.71 bits per heavy atom. The number of rotatable bonds is 6. The van der Waals surface area contributed by atoms with Crippen molar-refractivity contribution in [3.63, 3.8) is 0 Å². The molecule has 0 aromatic heterocycles. The fourth-order valence-electron chi connectivity index (χ4n) is 2.88. The van der Waals surface area contributed by atoms with Gasteiger partial charge in [-0.3, -0.25) is 4.90 Å². The van der Waals surface area contributed by atoms with Gasteiger partial charge in [0.05, 0.1) is 11.6 Å². The van der Waals surface area contributed by atoms with E-state index < -0.39 is 0 Å². The molecule has 6 heteroatoms. The van der Waals surface area contributed by atoms with Gasteiger partial charge in [-0.25, -0.2) is 4.79 Å². The van der Waals surface area contributed by atoms with Crippen LogP contribution in [0.4, 0.5) is 10.5 Å². The van der Waals surface area contributed by atoms with Crippen LogP contribution in [0.1, 0.15) is 24.5 Å². The smallest absolute Gasteiger partial charge is 0.321 e. The first-order valence-electron chi connectivity index (χ1n) is 8.48. The lowest BCUT2D eigenvalue weighted by molar-refractivity contribution is 0.130. The minimum Gasteiger partial charge on any atom is -0.385 e. The number of hydrogen-bond donors (Lipinski definition) is 1. The molecule has 2 amide bonds. The Bertz CT molecular complexity index is 589. The van der Waals surface area contributed by atoms with Crippen LogP contribution < -0.4 is 5.32 Å². The summed E-state index contributed by atoms with van der Waals surface area (Å²) in [5.41, 5.74) is 2.40. The maximum absolute atomic E-state index is 12.5. The summed E-state index contributed by atoms with van der Waals surface area (Å²) in [6, 6.07) is 7.46.